The molecule has 0 saturated carbocycles. The summed E-state index contributed by atoms with van der Waals surface area (Å²) in [6, 6.07) is 0. The van der Waals surface area contributed by atoms with E-state index < -0.39 is 21.1 Å². The van der Waals surface area contributed by atoms with Crippen LogP contribution in [0, 0.1) is 5.92 Å². The highest BCUT2D eigenvalue weighted by atomic mass is 32.2. The predicted octanol–water partition coefficient (Wildman–Crippen LogP) is 0.280. The number of hydrogen-bond acceptors (Lipinski definition) is 6. The monoisotopic (exact) mass is 290 g/mol. The third-order valence-electron chi connectivity index (χ3n) is 3.04. The van der Waals surface area contributed by atoms with E-state index in [0.29, 0.717) is 13.0 Å². The lowest BCUT2D eigenvalue weighted by Crippen LogP contribution is -2.20. The average molecular weight is 290 g/mol. The Morgan fingerprint density at radius 3 is 2.58 bits per heavy atom. The summed E-state index contributed by atoms with van der Waals surface area (Å²) in [5.41, 5.74) is 0. The second kappa shape index (κ2) is 6.09. The van der Waals surface area contributed by atoms with Crippen LogP contribution in [0.5, 0.6) is 0 Å². The molecule has 1 aromatic heterocycles. The van der Waals surface area contributed by atoms with Gasteiger partial charge in [0, 0.05) is 19.2 Å². The molecule has 0 spiro atoms. The lowest BCUT2D eigenvalue weighted by atomic mass is 10.0. The van der Waals surface area contributed by atoms with Crippen molar-refractivity contribution in [2.75, 3.05) is 6.26 Å². The molecule has 0 aliphatic heterocycles. The van der Waals surface area contributed by atoms with Gasteiger partial charge in [0.15, 0.2) is 15.7 Å². The van der Waals surface area contributed by atoms with E-state index in [1.165, 1.54) is 11.6 Å². The number of carbonyl (C=O) groups is 1. The molecule has 9 heteroatoms. The van der Waals surface area contributed by atoms with E-state index in [1.54, 1.807) is 0 Å². The van der Waals surface area contributed by atoms with E-state index in [-0.39, 0.29) is 18.2 Å². The number of carboxylic acids is 1. The molecule has 0 aromatic carbocycles. The van der Waals surface area contributed by atoms with Crippen molar-refractivity contribution in [3.8, 4) is 0 Å². The highest BCUT2D eigenvalue weighted by Gasteiger charge is 2.25. The summed E-state index contributed by atoms with van der Waals surface area (Å²) in [7, 11) is -3.29. The molecule has 0 saturated heterocycles. The van der Waals surface area contributed by atoms with Crippen LogP contribution in [0.2, 0.25) is 0 Å². The second-order valence-electron chi connectivity index (χ2n) is 4.56. The number of nitrogens with zero attached hydrogens (tertiary/aromatic N) is 4. The maximum Gasteiger partial charge on any atom is 0.303 e. The Bertz CT molecular complexity index is 539. The van der Waals surface area contributed by atoms with E-state index in [1.807, 2.05) is 6.92 Å². The van der Waals surface area contributed by atoms with Gasteiger partial charge in [-0.15, -0.1) is 5.10 Å². The molecule has 0 bridgehead atoms. The molecule has 108 valence electrons. The van der Waals surface area contributed by atoms with Gasteiger partial charge >= 0.3 is 5.97 Å². The van der Waals surface area contributed by atoms with Crippen LogP contribution in [0.4, 0.5) is 0 Å². The van der Waals surface area contributed by atoms with Crippen LogP contribution in [0.25, 0.3) is 0 Å². The maximum absolute atomic E-state index is 11.5. The van der Waals surface area contributed by atoms with Crippen molar-refractivity contribution >= 4 is 15.8 Å². The number of aromatic nitrogens is 4. The first-order valence-electron chi connectivity index (χ1n) is 5.92. The van der Waals surface area contributed by atoms with Crippen LogP contribution in [0.3, 0.4) is 0 Å². The Hall–Kier alpha value is -1.51. The predicted molar refractivity (Wildman–Crippen MR) is 67.1 cm³/mol. The zero-order chi connectivity index (χ0) is 14.6. The summed E-state index contributed by atoms with van der Waals surface area (Å²) in [6.07, 6.45) is 1.77. The number of rotatable bonds is 7. The minimum atomic E-state index is -3.29. The van der Waals surface area contributed by atoms with Crippen molar-refractivity contribution in [3.05, 3.63) is 5.82 Å². The molecular formula is C10H18N4O4S. The zero-order valence-corrected chi connectivity index (χ0v) is 12.0. The smallest absolute Gasteiger partial charge is 0.303 e. The van der Waals surface area contributed by atoms with Crippen molar-refractivity contribution < 1.29 is 18.3 Å². The van der Waals surface area contributed by atoms with Gasteiger partial charge in [-0.1, -0.05) is 13.3 Å². The van der Waals surface area contributed by atoms with Gasteiger partial charge in [-0.05, 0) is 23.3 Å². The van der Waals surface area contributed by atoms with Crippen molar-refractivity contribution in [2.45, 2.75) is 38.5 Å². The topological polar surface area (TPSA) is 115 Å². The molecule has 19 heavy (non-hydrogen) atoms. The van der Waals surface area contributed by atoms with E-state index in [9.17, 15) is 13.2 Å². The molecule has 0 aliphatic carbocycles. The molecule has 1 rings (SSSR count). The number of tetrazole rings is 1. The quantitative estimate of drug-likeness (QED) is 0.766. The van der Waals surface area contributed by atoms with Gasteiger partial charge < -0.3 is 5.11 Å². The first-order valence-corrected chi connectivity index (χ1v) is 7.87. The standard InChI is InChI=1S/C10H18N4O4S/c1-4-8(5-9(15)16)6-14-10(11-12-13-14)7(2)19(3,17)18/h7-8H,4-6H2,1-3H3,(H,15,16). The minimum Gasteiger partial charge on any atom is -0.481 e. The fourth-order valence-electron chi connectivity index (χ4n) is 1.65. The summed E-state index contributed by atoms with van der Waals surface area (Å²) in [5.74, 6) is -0.782. The average Bonchev–Trinajstić information content (AvgIpc) is 2.73. The fourth-order valence-corrected chi connectivity index (χ4v) is 2.21. The van der Waals surface area contributed by atoms with Gasteiger partial charge in [-0.2, -0.15) is 0 Å². The Kier molecular flexibility index (Phi) is 4.98. The molecule has 1 N–H and O–H groups in total. The van der Waals surface area contributed by atoms with Crippen LogP contribution < -0.4 is 0 Å². The number of sulfone groups is 1. The van der Waals surface area contributed by atoms with E-state index >= 15 is 0 Å². The SMILES string of the molecule is CCC(CC(=O)O)Cn1nnnc1C(C)S(C)(=O)=O. The number of aliphatic carboxylic acids is 1. The Balaban J connectivity index is 2.91. The molecular weight excluding hydrogens is 272 g/mol. The van der Waals surface area contributed by atoms with Gasteiger partial charge in [0.05, 0.1) is 0 Å². The van der Waals surface area contributed by atoms with Crippen molar-refractivity contribution in [1.29, 1.82) is 0 Å². The molecule has 2 atom stereocenters. The lowest BCUT2D eigenvalue weighted by Gasteiger charge is -2.15. The van der Waals surface area contributed by atoms with E-state index in [4.69, 9.17) is 5.11 Å². The Morgan fingerprint density at radius 1 is 1.47 bits per heavy atom. The molecule has 0 fully saturated rings. The molecule has 2 unspecified atom stereocenters. The second-order valence-corrected chi connectivity index (χ2v) is 6.93. The molecule has 0 amide bonds. The van der Waals surface area contributed by atoms with E-state index in [2.05, 4.69) is 15.5 Å². The zero-order valence-electron chi connectivity index (χ0n) is 11.1. The third kappa shape index (κ3) is 4.27. The molecule has 8 nitrogen and oxygen atoms in total. The van der Waals surface area contributed by atoms with Gasteiger partial charge in [-0.3, -0.25) is 4.79 Å². The van der Waals surface area contributed by atoms with Crippen LogP contribution in [-0.2, 0) is 21.2 Å². The van der Waals surface area contributed by atoms with Gasteiger partial charge in [0.2, 0.25) is 0 Å². The van der Waals surface area contributed by atoms with Crippen molar-refractivity contribution in [1.82, 2.24) is 20.2 Å². The largest absolute Gasteiger partial charge is 0.481 e. The van der Waals surface area contributed by atoms with Gasteiger partial charge in [0.25, 0.3) is 0 Å². The van der Waals surface area contributed by atoms with Crippen LogP contribution in [0.1, 0.15) is 37.8 Å². The number of carboxylic acid groups (broad SMARTS) is 1. The summed E-state index contributed by atoms with van der Waals surface area (Å²) in [5, 5.41) is 18.9. The summed E-state index contributed by atoms with van der Waals surface area (Å²) in [6.45, 7) is 3.68. The lowest BCUT2D eigenvalue weighted by molar-refractivity contribution is -0.138. The van der Waals surface area contributed by atoms with Gasteiger partial charge in [0.1, 0.15) is 5.25 Å². The Morgan fingerprint density at radius 2 is 2.11 bits per heavy atom. The van der Waals surface area contributed by atoms with E-state index in [0.717, 1.165) is 6.26 Å². The molecule has 1 aromatic rings. The summed E-state index contributed by atoms with van der Waals surface area (Å²) in [4.78, 5) is 10.7. The first kappa shape index (κ1) is 15.5. The van der Waals surface area contributed by atoms with Crippen molar-refractivity contribution in [2.24, 2.45) is 5.92 Å². The van der Waals surface area contributed by atoms with Crippen LogP contribution >= 0.6 is 0 Å². The Labute approximate surface area is 111 Å². The van der Waals surface area contributed by atoms with Crippen LogP contribution in [-0.4, -0.2) is 46.0 Å². The van der Waals surface area contributed by atoms with Crippen LogP contribution in [0.15, 0.2) is 0 Å². The summed E-state index contributed by atoms with van der Waals surface area (Å²) < 4.78 is 24.4. The highest BCUT2D eigenvalue weighted by Crippen LogP contribution is 2.19. The first-order chi connectivity index (χ1) is 8.75. The fraction of sp³-hybridized carbons (Fsp3) is 0.800. The normalized spacial score (nSPS) is 15.1. The summed E-state index contributed by atoms with van der Waals surface area (Å²) >= 11 is 0. The third-order valence-corrected chi connectivity index (χ3v) is 4.53. The minimum absolute atomic E-state index is 0.00303. The maximum atomic E-state index is 11.5. The molecule has 1 heterocycles. The van der Waals surface area contributed by atoms with Crippen molar-refractivity contribution in [3.63, 3.8) is 0 Å². The highest BCUT2D eigenvalue weighted by molar-refractivity contribution is 7.90. The van der Waals surface area contributed by atoms with Gasteiger partial charge in [-0.25, -0.2) is 13.1 Å². The molecule has 0 radical (unpaired) electrons. The number of hydrogen-bond donors (Lipinski definition) is 1. The molecule has 0 aliphatic rings.